The van der Waals surface area contributed by atoms with E-state index in [0.29, 0.717) is 13.2 Å². The normalized spacial score (nSPS) is 9.67. The molecule has 0 heterocycles. The Bertz CT molecular complexity index is 258. The first-order valence-electron chi connectivity index (χ1n) is 3.86. The van der Waals surface area contributed by atoms with Gasteiger partial charge in [-0.3, -0.25) is 0 Å². The third-order valence-corrected chi connectivity index (χ3v) is 1.46. The van der Waals surface area contributed by atoms with Crippen molar-refractivity contribution in [2.24, 2.45) is 0 Å². The molecule has 0 aliphatic carbocycles. The molecule has 0 unspecified atom stereocenters. The molecule has 2 nitrogen and oxygen atoms in total. The van der Waals surface area contributed by atoms with Gasteiger partial charge >= 0.3 is 0 Å². The van der Waals surface area contributed by atoms with E-state index in [1.807, 2.05) is 24.3 Å². The lowest BCUT2D eigenvalue weighted by atomic mass is 10.2. The minimum atomic E-state index is 0.578. The van der Waals surface area contributed by atoms with Crippen LogP contribution in [0.5, 0.6) is 0 Å². The zero-order valence-corrected chi connectivity index (χ0v) is 6.99. The summed E-state index contributed by atoms with van der Waals surface area (Å²) in [5.74, 6) is 0. The Kier molecular flexibility index (Phi) is 3.35. The molecule has 0 spiro atoms. The quantitative estimate of drug-likeness (QED) is 0.418. The molecular formula is C10H13NO. The van der Waals surface area contributed by atoms with Crippen molar-refractivity contribution in [2.45, 2.75) is 6.61 Å². The molecule has 0 aromatic heterocycles. The van der Waals surface area contributed by atoms with Crippen molar-refractivity contribution in [2.75, 3.05) is 12.3 Å². The van der Waals surface area contributed by atoms with Gasteiger partial charge in [0.25, 0.3) is 0 Å². The summed E-state index contributed by atoms with van der Waals surface area (Å²) in [5.41, 5.74) is 7.45. The van der Waals surface area contributed by atoms with Crippen LogP contribution >= 0.6 is 0 Å². The average molecular weight is 163 g/mol. The summed E-state index contributed by atoms with van der Waals surface area (Å²) in [4.78, 5) is 0. The fourth-order valence-corrected chi connectivity index (χ4v) is 0.943. The highest BCUT2D eigenvalue weighted by molar-refractivity contribution is 5.40. The Hall–Kier alpha value is -1.28. The van der Waals surface area contributed by atoms with Crippen molar-refractivity contribution >= 4 is 5.69 Å². The molecule has 0 saturated carbocycles. The summed E-state index contributed by atoms with van der Waals surface area (Å²) < 4.78 is 5.25. The van der Waals surface area contributed by atoms with E-state index in [1.165, 1.54) is 0 Å². The number of rotatable bonds is 4. The van der Waals surface area contributed by atoms with Crippen molar-refractivity contribution in [3.05, 3.63) is 42.5 Å². The molecule has 0 aliphatic rings. The van der Waals surface area contributed by atoms with E-state index in [9.17, 15) is 0 Å². The second-order valence-corrected chi connectivity index (χ2v) is 2.55. The Balaban J connectivity index is 2.46. The van der Waals surface area contributed by atoms with Gasteiger partial charge in [0.2, 0.25) is 0 Å². The molecule has 0 radical (unpaired) electrons. The van der Waals surface area contributed by atoms with Gasteiger partial charge in [-0.1, -0.05) is 18.2 Å². The molecule has 0 saturated heterocycles. The number of nitrogen functional groups attached to an aromatic ring is 1. The van der Waals surface area contributed by atoms with Crippen LogP contribution in [0, 0.1) is 0 Å². The summed E-state index contributed by atoms with van der Waals surface area (Å²) in [6.07, 6.45) is 1.73. The number of hydrogen-bond acceptors (Lipinski definition) is 2. The van der Waals surface area contributed by atoms with Gasteiger partial charge in [-0.05, 0) is 17.7 Å². The summed E-state index contributed by atoms with van der Waals surface area (Å²) in [5, 5.41) is 0. The molecule has 1 aromatic carbocycles. The van der Waals surface area contributed by atoms with E-state index in [1.54, 1.807) is 6.08 Å². The maximum Gasteiger partial charge on any atom is 0.0721 e. The van der Waals surface area contributed by atoms with Gasteiger partial charge in [0.15, 0.2) is 0 Å². The molecule has 0 bridgehead atoms. The zero-order chi connectivity index (χ0) is 8.81. The molecule has 1 aromatic rings. The van der Waals surface area contributed by atoms with Crippen LogP contribution in [0.15, 0.2) is 36.9 Å². The lowest BCUT2D eigenvalue weighted by Gasteiger charge is -2.01. The Labute approximate surface area is 72.7 Å². The first-order valence-corrected chi connectivity index (χ1v) is 3.86. The van der Waals surface area contributed by atoms with Gasteiger partial charge in [0.1, 0.15) is 0 Å². The van der Waals surface area contributed by atoms with Crippen LogP contribution in [-0.4, -0.2) is 6.61 Å². The van der Waals surface area contributed by atoms with Crippen molar-refractivity contribution in [1.82, 2.24) is 0 Å². The number of nitrogens with two attached hydrogens (primary N) is 1. The number of anilines is 1. The van der Waals surface area contributed by atoms with Crippen LogP contribution in [0.4, 0.5) is 5.69 Å². The van der Waals surface area contributed by atoms with Gasteiger partial charge in [0, 0.05) is 5.69 Å². The number of hydrogen-bond donors (Lipinski definition) is 1. The van der Waals surface area contributed by atoms with Crippen molar-refractivity contribution in [3.63, 3.8) is 0 Å². The van der Waals surface area contributed by atoms with Crippen LogP contribution < -0.4 is 5.73 Å². The highest BCUT2D eigenvalue weighted by Gasteiger charge is 1.91. The van der Waals surface area contributed by atoms with Crippen LogP contribution in [0.3, 0.4) is 0 Å². The number of ether oxygens (including phenoxy) is 1. The summed E-state index contributed by atoms with van der Waals surface area (Å²) in [6, 6.07) is 7.67. The highest BCUT2D eigenvalue weighted by Crippen LogP contribution is 2.07. The smallest absolute Gasteiger partial charge is 0.0721 e. The Morgan fingerprint density at radius 3 is 3.00 bits per heavy atom. The molecule has 12 heavy (non-hydrogen) atoms. The van der Waals surface area contributed by atoms with E-state index in [4.69, 9.17) is 10.5 Å². The van der Waals surface area contributed by atoms with Crippen molar-refractivity contribution in [3.8, 4) is 0 Å². The van der Waals surface area contributed by atoms with Gasteiger partial charge in [-0.25, -0.2) is 0 Å². The molecule has 2 N–H and O–H groups in total. The maximum atomic E-state index is 5.59. The molecule has 0 fully saturated rings. The molecule has 2 heteroatoms. The standard InChI is InChI=1S/C10H13NO/c1-2-6-12-8-9-4-3-5-10(11)7-9/h2-5,7H,1,6,8,11H2. The maximum absolute atomic E-state index is 5.59. The first-order chi connectivity index (χ1) is 5.83. The van der Waals surface area contributed by atoms with E-state index in [0.717, 1.165) is 11.3 Å². The SMILES string of the molecule is C=CCOCc1cccc(N)c1. The predicted molar refractivity (Wildman–Crippen MR) is 50.7 cm³/mol. The lowest BCUT2D eigenvalue weighted by Crippen LogP contribution is -1.93. The third kappa shape index (κ3) is 2.76. The van der Waals surface area contributed by atoms with E-state index in [-0.39, 0.29) is 0 Å². The van der Waals surface area contributed by atoms with Crippen LogP contribution in [0.25, 0.3) is 0 Å². The van der Waals surface area contributed by atoms with E-state index < -0.39 is 0 Å². The second kappa shape index (κ2) is 4.57. The third-order valence-electron chi connectivity index (χ3n) is 1.46. The van der Waals surface area contributed by atoms with E-state index in [2.05, 4.69) is 6.58 Å². The molecule has 1 rings (SSSR count). The summed E-state index contributed by atoms with van der Waals surface area (Å²) in [6.45, 7) is 4.73. The minimum Gasteiger partial charge on any atom is -0.399 e. The van der Waals surface area contributed by atoms with Crippen LogP contribution in [-0.2, 0) is 11.3 Å². The molecule has 0 amide bonds. The monoisotopic (exact) mass is 163 g/mol. The van der Waals surface area contributed by atoms with E-state index >= 15 is 0 Å². The van der Waals surface area contributed by atoms with Crippen LogP contribution in [0.1, 0.15) is 5.56 Å². The second-order valence-electron chi connectivity index (χ2n) is 2.55. The fourth-order valence-electron chi connectivity index (χ4n) is 0.943. The van der Waals surface area contributed by atoms with Crippen molar-refractivity contribution < 1.29 is 4.74 Å². The van der Waals surface area contributed by atoms with Gasteiger partial charge in [-0.2, -0.15) is 0 Å². The van der Waals surface area contributed by atoms with Gasteiger partial charge in [-0.15, -0.1) is 6.58 Å². The molecule has 0 atom stereocenters. The van der Waals surface area contributed by atoms with Gasteiger partial charge < -0.3 is 10.5 Å². The minimum absolute atomic E-state index is 0.578. The molecular weight excluding hydrogens is 150 g/mol. The largest absolute Gasteiger partial charge is 0.399 e. The highest BCUT2D eigenvalue weighted by atomic mass is 16.5. The Morgan fingerprint density at radius 1 is 1.50 bits per heavy atom. The average Bonchev–Trinajstić information content (AvgIpc) is 2.05. The predicted octanol–water partition coefficient (Wildman–Crippen LogP) is 1.97. The zero-order valence-electron chi connectivity index (χ0n) is 6.99. The molecule has 0 aliphatic heterocycles. The fraction of sp³-hybridized carbons (Fsp3) is 0.200. The molecule has 64 valence electrons. The topological polar surface area (TPSA) is 35.2 Å². The first kappa shape index (κ1) is 8.81. The van der Waals surface area contributed by atoms with Crippen LogP contribution in [0.2, 0.25) is 0 Å². The number of benzene rings is 1. The summed E-state index contributed by atoms with van der Waals surface area (Å²) >= 11 is 0. The Morgan fingerprint density at radius 2 is 2.33 bits per heavy atom. The van der Waals surface area contributed by atoms with Gasteiger partial charge in [0.05, 0.1) is 13.2 Å². The lowest BCUT2D eigenvalue weighted by molar-refractivity contribution is 0.149. The van der Waals surface area contributed by atoms with Crippen molar-refractivity contribution in [1.29, 1.82) is 0 Å². The summed E-state index contributed by atoms with van der Waals surface area (Å²) in [7, 11) is 0.